The number of benzene rings is 1. The monoisotopic (exact) mass is 261 g/mol. The molecule has 0 saturated carbocycles. The fourth-order valence-electron chi connectivity index (χ4n) is 2.92. The maximum absolute atomic E-state index is 3.68. The molecule has 1 heteroatoms. The molecule has 1 atom stereocenters. The highest BCUT2D eigenvalue weighted by Crippen LogP contribution is 2.28. The predicted molar refractivity (Wildman–Crippen MR) is 85.5 cm³/mol. The molecule has 0 saturated heterocycles. The van der Waals surface area contributed by atoms with E-state index in [-0.39, 0.29) is 0 Å². The molecule has 1 unspecified atom stereocenters. The van der Waals surface area contributed by atoms with Crippen LogP contribution < -0.4 is 5.32 Å². The van der Waals surface area contributed by atoms with E-state index < -0.39 is 0 Å². The summed E-state index contributed by atoms with van der Waals surface area (Å²) < 4.78 is 0. The van der Waals surface area contributed by atoms with Crippen molar-refractivity contribution in [3.8, 4) is 0 Å². The van der Waals surface area contributed by atoms with Gasteiger partial charge in [0.2, 0.25) is 0 Å². The second kappa shape index (κ2) is 8.37. The van der Waals surface area contributed by atoms with Gasteiger partial charge in [-0.2, -0.15) is 0 Å². The predicted octanol–water partition coefficient (Wildman–Crippen LogP) is 4.97. The number of hydrogen-bond donors (Lipinski definition) is 1. The molecule has 108 valence electrons. The van der Waals surface area contributed by atoms with Crippen molar-refractivity contribution >= 4 is 0 Å². The van der Waals surface area contributed by atoms with Gasteiger partial charge in [0, 0.05) is 6.04 Å². The van der Waals surface area contributed by atoms with Crippen molar-refractivity contribution in [1.29, 1.82) is 0 Å². The van der Waals surface area contributed by atoms with Crippen molar-refractivity contribution in [3.05, 3.63) is 35.4 Å². The molecule has 0 aromatic heterocycles. The third kappa shape index (κ3) is 4.99. The Morgan fingerprint density at radius 3 is 2.26 bits per heavy atom. The van der Waals surface area contributed by atoms with Gasteiger partial charge >= 0.3 is 0 Å². The van der Waals surface area contributed by atoms with Crippen LogP contribution in [0, 0.1) is 11.8 Å². The van der Waals surface area contributed by atoms with Crippen molar-refractivity contribution in [2.24, 2.45) is 11.8 Å². The topological polar surface area (TPSA) is 12.0 Å². The molecule has 0 fully saturated rings. The minimum absolute atomic E-state index is 0.507. The number of rotatable bonds is 8. The van der Waals surface area contributed by atoms with Crippen LogP contribution in [0.5, 0.6) is 0 Å². The van der Waals surface area contributed by atoms with Crippen molar-refractivity contribution < 1.29 is 0 Å². The van der Waals surface area contributed by atoms with Gasteiger partial charge in [0.05, 0.1) is 0 Å². The molecule has 1 rings (SSSR count). The molecule has 19 heavy (non-hydrogen) atoms. The highest BCUT2D eigenvalue weighted by molar-refractivity contribution is 5.27. The largest absolute Gasteiger partial charge is 0.310 e. The van der Waals surface area contributed by atoms with E-state index in [0.29, 0.717) is 6.04 Å². The average Bonchev–Trinajstić information content (AvgIpc) is 2.38. The van der Waals surface area contributed by atoms with Gasteiger partial charge in [0.25, 0.3) is 0 Å². The maximum atomic E-state index is 3.68. The zero-order chi connectivity index (χ0) is 14.3. The lowest BCUT2D eigenvalue weighted by atomic mass is 9.87. The molecule has 1 aromatic rings. The fourth-order valence-corrected chi connectivity index (χ4v) is 2.92. The van der Waals surface area contributed by atoms with Crippen LogP contribution in [0.4, 0.5) is 0 Å². The summed E-state index contributed by atoms with van der Waals surface area (Å²) in [6.07, 6.45) is 3.65. The van der Waals surface area contributed by atoms with Gasteiger partial charge < -0.3 is 5.32 Å². The Morgan fingerprint density at radius 1 is 1.05 bits per heavy atom. The first-order chi connectivity index (χ1) is 9.12. The van der Waals surface area contributed by atoms with Gasteiger partial charge in [0.15, 0.2) is 0 Å². The summed E-state index contributed by atoms with van der Waals surface area (Å²) in [4.78, 5) is 0. The van der Waals surface area contributed by atoms with E-state index in [9.17, 15) is 0 Å². The average molecular weight is 261 g/mol. The lowest BCUT2D eigenvalue weighted by Crippen LogP contribution is -2.27. The normalized spacial score (nSPS) is 13.2. The molecule has 1 nitrogen and oxygen atoms in total. The van der Waals surface area contributed by atoms with Crippen molar-refractivity contribution in [1.82, 2.24) is 5.32 Å². The second-order valence-corrected chi connectivity index (χ2v) is 5.95. The van der Waals surface area contributed by atoms with Gasteiger partial charge in [-0.05, 0) is 35.9 Å². The molecule has 1 N–H and O–H groups in total. The molecule has 0 aliphatic rings. The molecular formula is C18H31N. The van der Waals surface area contributed by atoms with E-state index >= 15 is 0 Å². The van der Waals surface area contributed by atoms with Crippen LogP contribution in [-0.2, 0) is 6.42 Å². The van der Waals surface area contributed by atoms with Gasteiger partial charge in [-0.1, -0.05) is 71.7 Å². The van der Waals surface area contributed by atoms with Crippen LogP contribution in [0.1, 0.15) is 64.6 Å². The number of hydrogen-bond acceptors (Lipinski definition) is 1. The smallest absolute Gasteiger partial charge is 0.0348 e. The van der Waals surface area contributed by atoms with E-state index in [1.54, 1.807) is 0 Å². The van der Waals surface area contributed by atoms with Crippen LogP contribution in [0.3, 0.4) is 0 Å². The lowest BCUT2D eigenvalue weighted by molar-refractivity contribution is 0.346. The Hall–Kier alpha value is -0.820. The highest BCUT2D eigenvalue weighted by atomic mass is 14.9. The van der Waals surface area contributed by atoms with Crippen LogP contribution in [0.15, 0.2) is 24.3 Å². The lowest BCUT2D eigenvalue weighted by Gasteiger charge is -2.27. The van der Waals surface area contributed by atoms with Crippen molar-refractivity contribution in [3.63, 3.8) is 0 Å². The molecule has 0 aliphatic carbocycles. The van der Waals surface area contributed by atoms with Gasteiger partial charge in [0.1, 0.15) is 0 Å². The SMILES string of the molecule is CCNC(c1cccc(CC(C)C)c1)C(CC)CC. The maximum Gasteiger partial charge on any atom is 0.0348 e. The first-order valence-corrected chi connectivity index (χ1v) is 7.94. The quantitative estimate of drug-likeness (QED) is 0.696. The Kier molecular flexibility index (Phi) is 7.15. The Bertz CT molecular complexity index is 352. The van der Waals surface area contributed by atoms with E-state index in [4.69, 9.17) is 0 Å². The first-order valence-electron chi connectivity index (χ1n) is 7.94. The molecule has 0 heterocycles. The highest BCUT2D eigenvalue weighted by Gasteiger charge is 2.19. The summed E-state index contributed by atoms with van der Waals surface area (Å²) in [5, 5.41) is 3.68. The molecular weight excluding hydrogens is 230 g/mol. The summed E-state index contributed by atoms with van der Waals surface area (Å²) in [5.41, 5.74) is 2.94. The third-order valence-corrected chi connectivity index (χ3v) is 3.90. The Labute approximate surface area is 119 Å². The minimum Gasteiger partial charge on any atom is -0.310 e. The molecule has 0 aliphatic heterocycles. The number of nitrogens with one attached hydrogen (secondary N) is 1. The Morgan fingerprint density at radius 2 is 1.74 bits per heavy atom. The minimum atomic E-state index is 0.507. The standard InChI is InChI=1S/C18H31N/c1-6-16(7-2)18(19-8-3)17-11-9-10-15(13-17)12-14(4)5/h9-11,13-14,16,18-19H,6-8,12H2,1-5H3. The summed E-state index contributed by atoms with van der Waals surface area (Å²) in [7, 11) is 0. The second-order valence-electron chi connectivity index (χ2n) is 5.95. The van der Waals surface area contributed by atoms with Gasteiger partial charge in [-0.15, -0.1) is 0 Å². The van der Waals surface area contributed by atoms with Gasteiger partial charge in [-0.25, -0.2) is 0 Å². The van der Waals surface area contributed by atoms with E-state index in [1.165, 1.54) is 30.4 Å². The summed E-state index contributed by atoms with van der Waals surface area (Å²) >= 11 is 0. The van der Waals surface area contributed by atoms with Gasteiger partial charge in [-0.3, -0.25) is 0 Å². The molecule has 1 aromatic carbocycles. The summed E-state index contributed by atoms with van der Waals surface area (Å²) in [6.45, 7) is 12.4. The zero-order valence-electron chi connectivity index (χ0n) is 13.4. The van der Waals surface area contributed by atoms with Crippen molar-refractivity contribution in [2.45, 2.75) is 59.9 Å². The summed E-state index contributed by atoms with van der Waals surface area (Å²) in [5.74, 6) is 1.45. The van der Waals surface area contributed by atoms with Crippen LogP contribution >= 0.6 is 0 Å². The van der Waals surface area contributed by atoms with Crippen LogP contribution in [-0.4, -0.2) is 6.54 Å². The molecule has 0 bridgehead atoms. The van der Waals surface area contributed by atoms with E-state index in [2.05, 4.69) is 64.2 Å². The first kappa shape index (κ1) is 16.2. The van der Waals surface area contributed by atoms with E-state index in [1.807, 2.05) is 0 Å². The molecule has 0 radical (unpaired) electrons. The zero-order valence-corrected chi connectivity index (χ0v) is 13.4. The summed E-state index contributed by atoms with van der Waals surface area (Å²) in [6, 6.07) is 9.69. The van der Waals surface area contributed by atoms with Crippen LogP contribution in [0.2, 0.25) is 0 Å². The molecule has 0 amide bonds. The van der Waals surface area contributed by atoms with E-state index in [0.717, 1.165) is 18.4 Å². The third-order valence-electron chi connectivity index (χ3n) is 3.90. The molecule has 0 spiro atoms. The van der Waals surface area contributed by atoms with Crippen LogP contribution in [0.25, 0.3) is 0 Å². The fraction of sp³-hybridized carbons (Fsp3) is 0.667. The van der Waals surface area contributed by atoms with Crippen molar-refractivity contribution in [2.75, 3.05) is 6.54 Å². The Balaban J connectivity index is 2.94.